The van der Waals surface area contributed by atoms with Gasteiger partial charge in [-0.1, -0.05) is 6.07 Å². The summed E-state index contributed by atoms with van der Waals surface area (Å²) in [7, 11) is 0. The number of hydrogen-bond acceptors (Lipinski definition) is 4. The summed E-state index contributed by atoms with van der Waals surface area (Å²) in [5.41, 5.74) is 7.64. The number of benzene rings is 1. The van der Waals surface area contributed by atoms with Gasteiger partial charge in [-0.3, -0.25) is 4.98 Å². The SMILES string of the molecule is N#Cc1cc(-c2cc(C(=O)O)ccn2)ccc1N. The van der Waals surface area contributed by atoms with Crippen LogP contribution < -0.4 is 5.73 Å². The maximum atomic E-state index is 10.9. The zero-order valence-electron chi connectivity index (χ0n) is 9.29. The van der Waals surface area contributed by atoms with Crippen LogP contribution in [0.15, 0.2) is 36.5 Å². The fraction of sp³-hybridized carbons (Fsp3) is 0. The molecule has 2 aromatic rings. The third kappa shape index (κ3) is 2.13. The minimum absolute atomic E-state index is 0.148. The number of aromatic nitrogens is 1. The van der Waals surface area contributed by atoms with E-state index in [-0.39, 0.29) is 5.56 Å². The van der Waals surface area contributed by atoms with Crippen LogP contribution in [-0.4, -0.2) is 16.1 Å². The molecule has 0 saturated heterocycles. The molecule has 0 aliphatic carbocycles. The van der Waals surface area contributed by atoms with E-state index in [0.717, 1.165) is 0 Å². The summed E-state index contributed by atoms with van der Waals surface area (Å²) < 4.78 is 0. The number of carboxylic acid groups (broad SMARTS) is 1. The first-order chi connectivity index (χ1) is 8.61. The number of carboxylic acids is 1. The fourth-order valence-electron chi connectivity index (χ4n) is 1.53. The molecule has 5 heteroatoms. The average Bonchev–Trinajstić information content (AvgIpc) is 2.39. The Balaban J connectivity index is 2.52. The summed E-state index contributed by atoms with van der Waals surface area (Å²) >= 11 is 0. The van der Waals surface area contributed by atoms with Crippen molar-refractivity contribution in [3.05, 3.63) is 47.7 Å². The van der Waals surface area contributed by atoms with Gasteiger partial charge < -0.3 is 10.8 Å². The van der Waals surface area contributed by atoms with Crippen LogP contribution in [0.2, 0.25) is 0 Å². The van der Waals surface area contributed by atoms with Crippen molar-refractivity contribution in [2.75, 3.05) is 5.73 Å². The Hall–Kier alpha value is -2.87. The Morgan fingerprint density at radius 1 is 1.33 bits per heavy atom. The Morgan fingerprint density at radius 2 is 2.11 bits per heavy atom. The van der Waals surface area contributed by atoms with Crippen molar-refractivity contribution < 1.29 is 9.90 Å². The number of nitriles is 1. The molecule has 5 nitrogen and oxygen atoms in total. The van der Waals surface area contributed by atoms with Crippen LogP contribution in [0.3, 0.4) is 0 Å². The van der Waals surface area contributed by atoms with E-state index in [4.69, 9.17) is 16.1 Å². The highest BCUT2D eigenvalue weighted by atomic mass is 16.4. The van der Waals surface area contributed by atoms with Gasteiger partial charge in [-0.05, 0) is 24.3 Å². The van der Waals surface area contributed by atoms with E-state index in [1.54, 1.807) is 18.2 Å². The molecule has 0 bridgehead atoms. The lowest BCUT2D eigenvalue weighted by molar-refractivity contribution is 0.0697. The van der Waals surface area contributed by atoms with E-state index in [1.165, 1.54) is 18.3 Å². The average molecular weight is 239 g/mol. The first-order valence-corrected chi connectivity index (χ1v) is 5.11. The highest BCUT2D eigenvalue weighted by Gasteiger charge is 2.07. The molecule has 2 rings (SSSR count). The number of carbonyl (C=O) groups is 1. The predicted octanol–water partition coefficient (Wildman–Crippen LogP) is 1.90. The lowest BCUT2D eigenvalue weighted by atomic mass is 10.1. The second kappa shape index (κ2) is 4.55. The van der Waals surface area contributed by atoms with Crippen molar-refractivity contribution >= 4 is 11.7 Å². The first-order valence-electron chi connectivity index (χ1n) is 5.11. The molecule has 0 radical (unpaired) electrons. The normalized spacial score (nSPS) is 9.72. The zero-order valence-corrected chi connectivity index (χ0v) is 9.29. The van der Waals surface area contributed by atoms with Crippen molar-refractivity contribution in [3.63, 3.8) is 0 Å². The van der Waals surface area contributed by atoms with Gasteiger partial charge in [0.1, 0.15) is 6.07 Å². The summed E-state index contributed by atoms with van der Waals surface area (Å²) in [6.45, 7) is 0. The van der Waals surface area contributed by atoms with Gasteiger partial charge in [0.15, 0.2) is 0 Å². The van der Waals surface area contributed by atoms with Crippen LogP contribution in [0.4, 0.5) is 5.69 Å². The molecule has 1 aromatic carbocycles. The smallest absolute Gasteiger partial charge is 0.335 e. The van der Waals surface area contributed by atoms with E-state index in [2.05, 4.69) is 4.98 Å². The summed E-state index contributed by atoms with van der Waals surface area (Å²) in [5.74, 6) is -1.02. The Kier molecular flexibility index (Phi) is 2.94. The van der Waals surface area contributed by atoms with Gasteiger partial charge in [0.05, 0.1) is 16.8 Å². The number of pyridine rings is 1. The predicted molar refractivity (Wildman–Crippen MR) is 65.8 cm³/mol. The number of anilines is 1. The number of nitrogen functional groups attached to an aromatic ring is 1. The molecular weight excluding hydrogens is 230 g/mol. The van der Waals surface area contributed by atoms with Gasteiger partial charge in [-0.2, -0.15) is 5.26 Å². The molecule has 88 valence electrons. The van der Waals surface area contributed by atoms with Crippen LogP contribution in [0.25, 0.3) is 11.3 Å². The summed E-state index contributed by atoms with van der Waals surface area (Å²) in [6.07, 6.45) is 1.42. The van der Waals surface area contributed by atoms with Crippen LogP contribution in [0, 0.1) is 11.3 Å². The van der Waals surface area contributed by atoms with Crippen LogP contribution in [-0.2, 0) is 0 Å². The Bertz CT molecular complexity index is 660. The quantitative estimate of drug-likeness (QED) is 0.779. The molecule has 18 heavy (non-hydrogen) atoms. The summed E-state index contributed by atoms with van der Waals surface area (Å²) in [4.78, 5) is 14.9. The molecule has 0 atom stereocenters. The monoisotopic (exact) mass is 239 g/mol. The second-order valence-electron chi connectivity index (χ2n) is 3.65. The molecule has 0 unspecified atom stereocenters. The minimum atomic E-state index is -1.02. The second-order valence-corrected chi connectivity index (χ2v) is 3.65. The maximum absolute atomic E-state index is 10.9. The van der Waals surface area contributed by atoms with Crippen molar-refractivity contribution in [3.8, 4) is 17.3 Å². The molecule has 1 aromatic heterocycles. The number of aromatic carboxylic acids is 1. The molecule has 0 aliphatic rings. The van der Waals surface area contributed by atoms with Crippen molar-refractivity contribution in [1.29, 1.82) is 5.26 Å². The molecule has 1 heterocycles. The number of hydrogen-bond donors (Lipinski definition) is 2. The lowest BCUT2D eigenvalue weighted by Gasteiger charge is -2.04. The third-order valence-electron chi connectivity index (χ3n) is 2.48. The van der Waals surface area contributed by atoms with E-state index >= 15 is 0 Å². The molecule has 0 aliphatic heterocycles. The number of rotatable bonds is 2. The fourth-order valence-corrected chi connectivity index (χ4v) is 1.53. The Labute approximate surface area is 103 Å². The number of nitrogens with two attached hydrogens (primary N) is 1. The third-order valence-corrected chi connectivity index (χ3v) is 2.48. The minimum Gasteiger partial charge on any atom is -0.478 e. The van der Waals surface area contributed by atoms with Gasteiger partial charge >= 0.3 is 5.97 Å². The van der Waals surface area contributed by atoms with Gasteiger partial charge in [0.2, 0.25) is 0 Å². The molecule has 0 saturated carbocycles. The molecular formula is C13H9N3O2. The van der Waals surface area contributed by atoms with Crippen molar-refractivity contribution in [1.82, 2.24) is 4.98 Å². The van der Waals surface area contributed by atoms with Crippen molar-refractivity contribution in [2.45, 2.75) is 0 Å². The summed E-state index contributed by atoms with van der Waals surface area (Å²) in [5, 5.41) is 17.8. The Morgan fingerprint density at radius 3 is 2.78 bits per heavy atom. The molecule has 0 amide bonds. The standard InChI is InChI=1S/C13H9N3O2/c14-7-10-5-8(1-2-11(10)15)12-6-9(13(17)18)3-4-16-12/h1-6H,15H2,(H,17,18). The van der Waals surface area contributed by atoms with E-state index in [1.807, 2.05) is 6.07 Å². The van der Waals surface area contributed by atoms with Crippen molar-refractivity contribution in [2.24, 2.45) is 0 Å². The van der Waals surface area contributed by atoms with Gasteiger partial charge in [0.25, 0.3) is 0 Å². The molecule has 0 spiro atoms. The van der Waals surface area contributed by atoms with E-state index < -0.39 is 5.97 Å². The molecule has 3 N–H and O–H groups in total. The maximum Gasteiger partial charge on any atom is 0.335 e. The lowest BCUT2D eigenvalue weighted by Crippen LogP contribution is -1.97. The molecule has 0 fully saturated rings. The van der Waals surface area contributed by atoms with Gasteiger partial charge in [0, 0.05) is 17.4 Å². The number of nitrogens with zero attached hydrogens (tertiary/aromatic N) is 2. The largest absolute Gasteiger partial charge is 0.478 e. The summed E-state index contributed by atoms with van der Waals surface area (Å²) in [6, 6.07) is 9.72. The van der Waals surface area contributed by atoms with Crippen LogP contribution in [0.5, 0.6) is 0 Å². The topological polar surface area (TPSA) is 100 Å². The van der Waals surface area contributed by atoms with Crippen LogP contribution in [0.1, 0.15) is 15.9 Å². The van der Waals surface area contributed by atoms with Gasteiger partial charge in [-0.15, -0.1) is 0 Å². The zero-order chi connectivity index (χ0) is 13.1. The highest BCUT2D eigenvalue weighted by molar-refractivity contribution is 5.88. The first kappa shape index (κ1) is 11.6. The van der Waals surface area contributed by atoms with Crippen LogP contribution >= 0.6 is 0 Å². The van der Waals surface area contributed by atoms with E-state index in [9.17, 15) is 4.79 Å². The highest BCUT2D eigenvalue weighted by Crippen LogP contribution is 2.22. The van der Waals surface area contributed by atoms with E-state index in [0.29, 0.717) is 22.5 Å². The van der Waals surface area contributed by atoms with Gasteiger partial charge in [-0.25, -0.2) is 4.79 Å².